The van der Waals surface area contributed by atoms with Crippen LogP contribution in [0.15, 0.2) is 66.7 Å². The number of nitrogens with one attached hydrogen (secondary N) is 1. The van der Waals surface area contributed by atoms with E-state index >= 15 is 0 Å². The van der Waals surface area contributed by atoms with E-state index in [1.54, 1.807) is 25.2 Å². The maximum atomic E-state index is 13.5. The fourth-order valence-corrected chi connectivity index (χ4v) is 3.59. The molecule has 0 aromatic heterocycles. The van der Waals surface area contributed by atoms with Gasteiger partial charge in [-0.25, -0.2) is 0 Å². The lowest BCUT2D eigenvalue weighted by Crippen LogP contribution is -2.43. The third-order valence-electron chi connectivity index (χ3n) is 5.09. The van der Waals surface area contributed by atoms with Gasteiger partial charge in [0, 0.05) is 11.4 Å². The zero-order chi connectivity index (χ0) is 21.8. The van der Waals surface area contributed by atoms with Gasteiger partial charge in [-0.3, -0.25) is 9.69 Å². The molecule has 156 valence electrons. The molecule has 0 bridgehead atoms. The van der Waals surface area contributed by atoms with Gasteiger partial charge in [0.05, 0.1) is 19.8 Å². The van der Waals surface area contributed by atoms with Crippen LogP contribution in [0, 0.1) is 12.3 Å². The van der Waals surface area contributed by atoms with Crippen molar-refractivity contribution in [1.29, 1.82) is 0 Å². The van der Waals surface area contributed by atoms with Crippen LogP contribution in [0.25, 0.3) is 0 Å². The first-order valence-corrected chi connectivity index (χ1v) is 9.73. The number of para-hydroxylation sites is 1. The van der Waals surface area contributed by atoms with Crippen molar-refractivity contribution >= 4 is 17.3 Å². The van der Waals surface area contributed by atoms with E-state index in [-0.39, 0.29) is 12.5 Å². The second kappa shape index (κ2) is 8.72. The Morgan fingerprint density at radius 2 is 1.77 bits per heavy atom. The lowest BCUT2D eigenvalue weighted by atomic mass is 10.0. The Hall–Kier alpha value is -4.11. The fourth-order valence-electron chi connectivity index (χ4n) is 3.59. The minimum Gasteiger partial charge on any atom is -0.497 e. The number of fused-ring (bicyclic) bond motifs is 1. The molecular formula is C25H22N2O4. The topological polar surface area (TPSA) is 60.0 Å². The van der Waals surface area contributed by atoms with Gasteiger partial charge in [0.2, 0.25) is 0 Å². The molecule has 4 rings (SSSR count). The van der Waals surface area contributed by atoms with Gasteiger partial charge in [0.1, 0.15) is 18.5 Å². The fraction of sp³-hybridized carbons (Fsp3) is 0.160. The standard InChI is InChI=1S/C25H22N2O4/c1-4-15-31-22-14-9-17(16-23(22)30-3)24-26-21-8-6-5-7-20(21)25(28)27(24)18-10-12-19(29-2)13-11-18/h1,5-14,16,24,26H,15H2,2-3H3. The number of ether oxygens (including phenoxy) is 3. The highest BCUT2D eigenvalue weighted by Gasteiger charge is 2.34. The van der Waals surface area contributed by atoms with E-state index in [0.717, 1.165) is 22.7 Å². The number of benzene rings is 3. The van der Waals surface area contributed by atoms with Crippen molar-refractivity contribution in [2.24, 2.45) is 0 Å². The molecule has 1 unspecified atom stereocenters. The van der Waals surface area contributed by atoms with Gasteiger partial charge in [-0.05, 0) is 54.1 Å². The summed E-state index contributed by atoms with van der Waals surface area (Å²) in [7, 11) is 3.18. The van der Waals surface area contributed by atoms with E-state index in [4.69, 9.17) is 20.6 Å². The average Bonchev–Trinajstić information content (AvgIpc) is 2.82. The summed E-state index contributed by atoms with van der Waals surface area (Å²) in [5.41, 5.74) is 2.96. The van der Waals surface area contributed by atoms with Gasteiger partial charge in [-0.1, -0.05) is 24.1 Å². The van der Waals surface area contributed by atoms with Crippen LogP contribution in [0.5, 0.6) is 17.2 Å². The molecule has 0 fully saturated rings. The van der Waals surface area contributed by atoms with E-state index in [2.05, 4.69) is 11.2 Å². The van der Waals surface area contributed by atoms with Crippen LogP contribution >= 0.6 is 0 Å². The number of methoxy groups -OCH3 is 2. The number of hydrogen-bond acceptors (Lipinski definition) is 5. The van der Waals surface area contributed by atoms with Crippen LogP contribution in [0.1, 0.15) is 22.1 Å². The Morgan fingerprint density at radius 3 is 2.48 bits per heavy atom. The number of nitrogens with zero attached hydrogens (tertiary/aromatic N) is 1. The lowest BCUT2D eigenvalue weighted by Gasteiger charge is -2.38. The summed E-state index contributed by atoms with van der Waals surface area (Å²) in [5, 5.41) is 3.48. The number of carbonyl (C=O) groups is 1. The zero-order valence-corrected chi connectivity index (χ0v) is 17.3. The number of terminal acetylenes is 1. The number of hydrogen-bond donors (Lipinski definition) is 1. The first-order chi connectivity index (χ1) is 15.2. The molecule has 0 saturated heterocycles. The van der Waals surface area contributed by atoms with Gasteiger partial charge in [-0.2, -0.15) is 0 Å². The van der Waals surface area contributed by atoms with Crippen LogP contribution in [0.2, 0.25) is 0 Å². The summed E-state index contributed by atoms with van der Waals surface area (Å²) in [5.74, 6) is 4.15. The minimum absolute atomic E-state index is 0.101. The Labute approximate surface area is 181 Å². The summed E-state index contributed by atoms with van der Waals surface area (Å²) in [6, 6.07) is 20.4. The Morgan fingerprint density at radius 1 is 1.00 bits per heavy atom. The Balaban J connectivity index is 1.79. The van der Waals surface area contributed by atoms with Gasteiger partial charge < -0.3 is 19.5 Å². The molecule has 31 heavy (non-hydrogen) atoms. The zero-order valence-electron chi connectivity index (χ0n) is 17.3. The van der Waals surface area contributed by atoms with Gasteiger partial charge in [0.25, 0.3) is 5.91 Å². The van der Waals surface area contributed by atoms with Crippen molar-refractivity contribution < 1.29 is 19.0 Å². The summed E-state index contributed by atoms with van der Waals surface area (Å²) < 4.78 is 16.3. The highest BCUT2D eigenvalue weighted by Crippen LogP contribution is 2.39. The second-order valence-corrected chi connectivity index (χ2v) is 6.87. The first kappa shape index (κ1) is 20.2. The van der Waals surface area contributed by atoms with E-state index < -0.39 is 6.17 Å². The van der Waals surface area contributed by atoms with E-state index in [1.165, 1.54) is 0 Å². The van der Waals surface area contributed by atoms with Crippen molar-refractivity contribution in [1.82, 2.24) is 0 Å². The molecule has 0 aliphatic carbocycles. The third kappa shape index (κ3) is 3.86. The molecule has 6 nitrogen and oxygen atoms in total. The molecule has 0 radical (unpaired) electrons. The predicted octanol–water partition coefficient (Wildman–Crippen LogP) is 4.49. The molecule has 0 saturated carbocycles. The molecule has 1 atom stereocenters. The van der Waals surface area contributed by atoms with E-state index in [0.29, 0.717) is 17.1 Å². The van der Waals surface area contributed by atoms with E-state index in [9.17, 15) is 4.79 Å². The molecule has 1 N–H and O–H groups in total. The Kier molecular flexibility index (Phi) is 5.67. The lowest BCUT2D eigenvalue weighted by molar-refractivity contribution is 0.0975. The maximum absolute atomic E-state index is 13.5. The average molecular weight is 414 g/mol. The van der Waals surface area contributed by atoms with Crippen molar-refractivity contribution in [2.75, 3.05) is 31.0 Å². The Bertz CT molecular complexity index is 1140. The molecule has 0 spiro atoms. The highest BCUT2D eigenvalue weighted by atomic mass is 16.5. The van der Waals surface area contributed by atoms with Crippen LogP contribution in [0.3, 0.4) is 0 Å². The van der Waals surface area contributed by atoms with Crippen molar-refractivity contribution in [2.45, 2.75) is 6.17 Å². The normalized spacial score (nSPS) is 14.8. The smallest absolute Gasteiger partial charge is 0.262 e. The second-order valence-electron chi connectivity index (χ2n) is 6.87. The molecule has 1 heterocycles. The largest absolute Gasteiger partial charge is 0.497 e. The summed E-state index contributed by atoms with van der Waals surface area (Å²) in [6.45, 7) is 0.140. The van der Waals surface area contributed by atoms with Crippen LogP contribution in [-0.4, -0.2) is 26.7 Å². The van der Waals surface area contributed by atoms with Gasteiger partial charge in [0.15, 0.2) is 11.5 Å². The number of rotatable bonds is 6. The van der Waals surface area contributed by atoms with Crippen molar-refractivity contribution in [3.05, 3.63) is 77.9 Å². The maximum Gasteiger partial charge on any atom is 0.262 e. The van der Waals surface area contributed by atoms with Gasteiger partial charge in [-0.15, -0.1) is 6.42 Å². The molecule has 1 aliphatic heterocycles. The molecule has 1 aliphatic rings. The molecule has 3 aromatic rings. The summed E-state index contributed by atoms with van der Waals surface area (Å²) >= 11 is 0. The molecule has 6 heteroatoms. The number of anilines is 2. The number of carbonyl (C=O) groups excluding carboxylic acids is 1. The third-order valence-corrected chi connectivity index (χ3v) is 5.09. The van der Waals surface area contributed by atoms with Crippen LogP contribution < -0.4 is 24.4 Å². The quantitative estimate of drug-likeness (QED) is 0.603. The molecule has 1 amide bonds. The molecular weight excluding hydrogens is 392 g/mol. The van der Waals surface area contributed by atoms with Gasteiger partial charge >= 0.3 is 0 Å². The highest BCUT2D eigenvalue weighted by molar-refractivity contribution is 6.12. The first-order valence-electron chi connectivity index (χ1n) is 9.73. The predicted molar refractivity (Wildman–Crippen MR) is 120 cm³/mol. The SMILES string of the molecule is C#CCOc1ccc(C2Nc3ccccc3C(=O)N2c2ccc(OC)cc2)cc1OC. The van der Waals surface area contributed by atoms with Crippen LogP contribution in [0.4, 0.5) is 11.4 Å². The monoisotopic (exact) mass is 414 g/mol. The van der Waals surface area contributed by atoms with Crippen molar-refractivity contribution in [3.8, 4) is 29.6 Å². The minimum atomic E-state index is -0.452. The van der Waals surface area contributed by atoms with Crippen molar-refractivity contribution in [3.63, 3.8) is 0 Å². The summed E-state index contributed by atoms with van der Waals surface area (Å²) in [6.07, 6.45) is 4.85. The molecule has 3 aromatic carbocycles. The summed E-state index contributed by atoms with van der Waals surface area (Å²) in [4.78, 5) is 15.2. The van der Waals surface area contributed by atoms with Crippen LogP contribution in [-0.2, 0) is 0 Å². The number of amides is 1. The van der Waals surface area contributed by atoms with E-state index in [1.807, 2.05) is 60.7 Å².